The first-order chi connectivity index (χ1) is 14.3. The number of hydrogen-bond acceptors (Lipinski definition) is 4. The van der Waals surface area contributed by atoms with Crippen molar-refractivity contribution < 1.29 is 14.4 Å². The van der Waals surface area contributed by atoms with Crippen LogP contribution in [-0.4, -0.2) is 96.2 Å². The van der Waals surface area contributed by atoms with Gasteiger partial charge >= 0.3 is 0 Å². The third kappa shape index (κ3) is 5.96. The van der Waals surface area contributed by atoms with Crippen LogP contribution in [0.1, 0.15) is 59.3 Å². The molecule has 0 spiro atoms. The maximum Gasteiger partial charge on any atom is 0.236 e. The fourth-order valence-electron chi connectivity index (χ4n) is 4.83. The van der Waals surface area contributed by atoms with Gasteiger partial charge in [0.25, 0.3) is 0 Å². The van der Waals surface area contributed by atoms with E-state index in [4.69, 9.17) is 0 Å². The van der Waals surface area contributed by atoms with Gasteiger partial charge in [0.1, 0.15) is 0 Å². The van der Waals surface area contributed by atoms with Crippen LogP contribution in [0, 0.1) is 11.3 Å². The molecule has 30 heavy (non-hydrogen) atoms. The highest BCUT2D eigenvalue weighted by Gasteiger charge is 2.35. The Morgan fingerprint density at radius 1 is 0.733 bits per heavy atom. The fraction of sp³-hybridized carbons (Fsp3) is 0.870. The number of likely N-dealkylation sites (tertiary alicyclic amines) is 2. The van der Waals surface area contributed by atoms with E-state index in [-0.39, 0.29) is 23.6 Å². The first-order valence-corrected chi connectivity index (χ1v) is 11.8. The molecule has 0 aromatic heterocycles. The molecule has 3 aliphatic heterocycles. The molecule has 3 rings (SSSR count). The topological polar surface area (TPSA) is 64.2 Å². The van der Waals surface area contributed by atoms with Gasteiger partial charge in [-0.05, 0) is 25.7 Å². The summed E-state index contributed by atoms with van der Waals surface area (Å²) in [6.45, 7) is 12.2. The normalized spacial score (nSPS) is 24.5. The van der Waals surface area contributed by atoms with Gasteiger partial charge in [-0.3, -0.25) is 19.3 Å². The molecule has 0 aromatic rings. The summed E-state index contributed by atoms with van der Waals surface area (Å²) < 4.78 is 0. The minimum absolute atomic E-state index is 0.0877. The summed E-state index contributed by atoms with van der Waals surface area (Å²) in [5, 5.41) is 0. The molecular formula is C23H40N4O3. The Morgan fingerprint density at radius 2 is 1.33 bits per heavy atom. The number of hydrogen-bond donors (Lipinski definition) is 0. The predicted molar refractivity (Wildman–Crippen MR) is 117 cm³/mol. The van der Waals surface area contributed by atoms with E-state index < -0.39 is 5.41 Å². The monoisotopic (exact) mass is 420 g/mol. The Balaban J connectivity index is 1.45. The molecule has 0 N–H and O–H groups in total. The highest BCUT2D eigenvalue weighted by atomic mass is 16.2. The number of carbonyl (C=O) groups excluding carboxylic acids is 3. The van der Waals surface area contributed by atoms with E-state index in [2.05, 4.69) is 4.90 Å². The van der Waals surface area contributed by atoms with Gasteiger partial charge in [-0.2, -0.15) is 0 Å². The van der Waals surface area contributed by atoms with Crippen molar-refractivity contribution in [1.29, 1.82) is 0 Å². The van der Waals surface area contributed by atoms with Crippen LogP contribution >= 0.6 is 0 Å². The summed E-state index contributed by atoms with van der Waals surface area (Å²) in [5.41, 5.74) is -0.406. The van der Waals surface area contributed by atoms with Crippen LogP contribution in [0.4, 0.5) is 0 Å². The third-order valence-corrected chi connectivity index (χ3v) is 6.70. The van der Waals surface area contributed by atoms with Crippen LogP contribution in [0.5, 0.6) is 0 Å². The van der Waals surface area contributed by atoms with E-state index in [0.29, 0.717) is 26.2 Å². The molecule has 170 valence electrons. The molecule has 7 nitrogen and oxygen atoms in total. The Labute approximate surface area is 181 Å². The SMILES string of the molecule is CC(C)(C)C(=O)N1CCCC(C(=O)N2CCN(CC(=O)N3CCCCCC3)CC2)C1. The number of nitrogens with zero attached hydrogens (tertiary/aromatic N) is 4. The highest BCUT2D eigenvalue weighted by molar-refractivity contribution is 5.84. The van der Waals surface area contributed by atoms with Gasteiger partial charge in [0.15, 0.2) is 0 Å². The maximum atomic E-state index is 13.1. The lowest BCUT2D eigenvalue weighted by molar-refractivity contribution is -0.146. The quantitative estimate of drug-likeness (QED) is 0.699. The van der Waals surface area contributed by atoms with Crippen molar-refractivity contribution in [3.05, 3.63) is 0 Å². The molecule has 3 fully saturated rings. The van der Waals surface area contributed by atoms with Crippen LogP contribution in [0.3, 0.4) is 0 Å². The summed E-state index contributed by atoms with van der Waals surface area (Å²) in [5.74, 6) is 0.465. The van der Waals surface area contributed by atoms with Crippen LogP contribution in [0.15, 0.2) is 0 Å². The minimum atomic E-state index is -0.406. The zero-order valence-corrected chi connectivity index (χ0v) is 19.2. The van der Waals surface area contributed by atoms with Crippen LogP contribution in [0.2, 0.25) is 0 Å². The Morgan fingerprint density at radius 3 is 1.93 bits per heavy atom. The van der Waals surface area contributed by atoms with Gasteiger partial charge in [0.05, 0.1) is 12.5 Å². The molecule has 7 heteroatoms. The first-order valence-electron chi connectivity index (χ1n) is 11.8. The molecule has 0 radical (unpaired) electrons. The average Bonchev–Trinajstić information content (AvgIpc) is 3.02. The lowest BCUT2D eigenvalue weighted by Crippen LogP contribution is -2.55. The second-order valence-electron chi connectivity index (χ2n) is 10.2. The van der Waals surface area contributed by atoms with Gasteiger partial charge in [-0.25, -0.2) is 0 Å². The summed E-state index contributed by atoms with van der Waals surface area (Å²) in [7, 11) is 0. The van der Waals surface area contributed by atoms with Crippen molar-refractivity contribution in [2.45, 2.75) is 59.3 Å². The second-order valence-corrected chi connectivity index (χ2v) is 10.2. The Bertz CT molecular complexity index is 614. The van der Waals surface area contributed by atoms with E-state index in [1.165, 1.54) is 12.8 Å². The third-order valence-electron chi connectivity index (χ3n) is 6.70. The van der Waals surface area contributed by atoms with E-state index >= 15 is 0 Å². The van der Waals surface area contributed by atoms with Gasteiger partial charge in [-0.1, -0.05) is 33.6 Å². The number of carbonyl (C=O) groups is 3. The molecule has 0 saturated carbocycles. The van der Waals surface area contributed by atoms with Crippen LogP contribution in [-0.2, 0) is 14.4 Å². The molecule has 0 aliphatic carbocycles. The van der Waals surface area contributed by atoms with Gasteiger partial charge < -0.3 is 14.7 Å². The first kappa shape index (κ1) is 23.0. The molecule has 0 aromatic carbocycles. The zero-order valence-electron chi connectivity index (χ0n) is 19.2. The zero-order chi connectivity index (χ0) is 21.7. The van der Waals surface area contributed by atoms with E-state index in [1.54, 1.807) is 0 Å². The van der Waals surface area contributed by atoms with E-state index in [0.717, 1.165) is 58.4 Å². The summed E-state index contributed by atoms with van der Waals surface area (Å²) in [4.78, 5) is 46.4. The van der Waals surface area contributed by atoms with Gasteiger partial charge in [-0.15, -0.1) is 0 Å². The molecular weight excluding hydrogens is 380 g/mol. The fourth-order valence-corrected chi connectivity index (χ4v) is 4.83. The molecule has 3 saturated heterocycles. The van der Waals surface area contributed by atoms with Gasteiger partial charge in [0.2, 0.25) is 17.7 Å². The Kier molecular flexibility index (Phi) is 7.77. The molecule has 3 heterocycles. The van der Waals surface area contributed by atoms with Gasteiger partial charge in [0, 0.05) is 57.8 Å². The highest BCUT2D eigenvalue weighted by Crippen LogP contribution is 2.25. The van der Waals surface area contributed by atoms with E-state index in [9.17, 15) is 14.4 Å². The van der Waals surface area contributed by atoms with Crippen LogP contribution in [0.25, 0.3) is 0 Å². The lowest BCUT2D eigenvalue weighted by atomic mass is 9.90. The molecule has 1 atom stereocenters. The van der Waals surface area contributed by atoms with Crippen molar-refractivity contribution >= 4 is 17.7 Å². The molecule has 3 amide bonds. The summed E-state index contributed by atoms with van der Waals surface area (Å²) >= 11 is 0. The number of piperazine rings is 1. The van der Waals surface area contributed by atoms with Crippen molar-refractivity contribution in [2.75, 3.05) is 58.9 Å². The lowest BCUT2D eigenvalue weighted by Gasteiger charge is -2.40. The standard InChI is InChI=1S/C23H40N4O3/c1-23(2,3)22(30)27-12-8-9-19(17-27)21(29)26-15-13-24(14-16-26)18-20(28)25-10-6-4-5-7-11-25/h19H,4-18H2,1-3H3. The summed E-state index contributed by atoms with van der Waals surface area (Å²) in [6.07, 6.45) is 6.44. The largest absolute Gasteiger partial charge is 0.342 e. The molecule has 0 bridgehead atoms. The average molecular weight is 421 g/mol. The maximum absolute atomic E-state index is 13.1. The molecule has 1 unspecified atom stereocenters. The summed E-state index contributed by atoms with van der Waals surface area (Å²) in [6, 6.07) is 0. The molecule has 3 aliphatic rings. The number of rotatable bonds is 3. The predicted octanol–water partition coefficient (Wildman–Crippen LogP) is 1.82. The van der Waals surface area contributed by atoms with Crippen molar-refractivity contribution in [3.8, 4) is 0 Å². The van der Waals surface area contributed by atoms with Crippen LogP contribution < -0.4 is 0 Å². The van der Waals surface area contributed by atoms with Crippen molar-refractivity contribution in [2.24, 2.45) is 11.3 Å². The minimum Gasteiger partial charge on any atom is -0.342 e. The van der Waals surface area contributed by atoms with Crippen molar-refractivity contribution in [1.82, 2.24) is 19.6 Å². The van der Waals surface area contributed by atoms with Crippen molar-refractivity contribution in [3.63, 3.8) is 0 Å². The van der Waals surface area contributed by atoms with E-state index in [1.807, 2.05) is 35.5 Å². The Hall–Kier alpha value is -1.63. The number of amides is 3. The second kappa shape index (κ2) is 10.1. The smallest absolute Gasteiger partial charge is 0.236 e. The number of piperidine rings is 1.